The van der Waals surface area contributed by atoms with Gasteiger partial charge in [-0.3, -0.25) is 4.79 Å². The molecule has 0 aliphatic heterocycles. The lowest BCUT2D eigenvalue weighted by Gasteiger charge is -2.19. The average molecular weight is 479 g/mol. The van der Waals surface area contributed by atoms with Crippen LogP contribution in [-0.4, -0.2) is 31.2 Å². The van der Waals surface area contributed by atoms with E-state index in [1.54, 1.807) is 19.2 Å². The first-order valence-corrected chi connectivity index (χ1v) is 10.8. The van der Waals surface area contributed by atoms with Crippen molar-refractivity contribution in [2.45, 2.75) is 5.92 Å². The molecular formula is C25H23BrN2O3. The van der Waals surface area contributed by atoms with Gasteiger partial charge in [0.05, 0.1) is 7.11 Å². The van der Waals surface area contributed by atoms with Crippen molar-refractivity contribution in [3.8, 4) is 11.5 Å². The number of fused-ring (bicyclic) bond motifs is 1. The third-order valence-corrected chi connectivity index (χ3v) is 5.73. The number of benzene rings is 3. The fourth-order valence-electron chi connectivity index (χ4n) is 3.63. The number of H-pyrrole nitrogens is 1. The number of methoxy groups -OCH3 is 1. The summed E-state index contributed by atoms with van der Waals surface area (Å²) in [7, 11) is 1.58. The minimum atomic E-state index is -0.187. The van der Waals surface area contributed by atoms with Gasteiger partial charge in [0.15, 0.2) is 18.1 Å². The summed E-state index contributed by atoms with van der Waals surface area (Å²) in [6.45, 7) is 0.374. The predicted molar refractivity (Wildman–Crippen MR) is 126 cm³/mol. The lowest BCUT2D eigenvalue weighted by molar-refractivity contribution is -0.123. The summed E-state index contributed by atoms with van der Waals surface area (Å²) in [5.74, 6) is 0.954. The third kappa shape index (κ3) is 4.91. The number of para-hydroxylation sites is 3. The number of carbonyl (C=O) groups is 1. The molecule has 0 saturated heterocycles. The van der Waals surface area contributed by atoms with Crippen LogP contribution in [0, 0.1) is 0 Å². The topological polar surface area (TPSA) is 63.4 Å². The minimum Gasteiger partial charge on any atom is -0.493 e. The third-order valence-electron chi connectivity index (χ3n) is 5.20. The monoisotopic (exact) mass is 478 g/mol. The van der Waals surface area contributed by atoms with Gasteiger partial charge in [0, 0.05) is 34.0 Å². The summed E-state index contributed by atoms with van der Waals surface area (Å²) in [6, 6.07) is 23.7. The van der Waals surface area contributed by atoms with Crippen molar-refractivity contribution in [1.29, 1.82) is 0 Å². The molecule has 158 valence electrons. The van der Waals surface area contributed by atoms with Crippen molar-refractivity contribution in [2.75, 3.05) is 20.3 Å². The Bertz CT molecular complexity index is 1170. The van der Waals surface area contributed by atoms with Gasteiger partial charge in [-0.05, 0) is 41.5 Å². The van der Waals surface area contributed by atoms with Crippen LogP contribution in [0.5, 0.6) is 11.5 Å². The molecule has 4 aromatic rings. The Hall–Kier alpha value is -3.25. The zero-order valence-electron chi connectivity index (χ0n) is 17.1. The molecule has 2 N–H and O–H groups in total. The fraction of sp³-hybridized carbons (Fsp3) is 0.160. The highest BCUT2D eigenvalue weighted by atomic mass is 79.9. The van der Waals surface area contributed by atoms with Crippen LogP contribution in [0.4, 0.5) is 0 Å². The zero-order chi connectivity index (χ0) is 21.6. The predicted octanol–water partition coefficient (Wildman–Crippen LogP) is 5.27. The second-order valence-corrected chi connectivity index (χ2v) is 8.05. The normalized spacial score (nSPS) is 11.8. The summed E-state index contributed by atoms with van der Waals surface area (Å²) in [6.07, 6.45) is 2.02. The summed E-state index contributed by atoms with van der Waals surface area (Å²) in [5.41, 5.74) is 3.34. The molecule has 0 fully saturated rings. The fourth-order valence-corrected chi connectivity index (χ4v) is 3.90. The lowest BCUT2D eigenvalue weighted by Crippen LogP contribution is -2.32. The summed E-state index contributed by atoms with van der Waals surface area (Å²) >= 11 is 3.50. The quantitative estimate of drug-likeness (QED) is 0.362. The summed E-state index contributed by atoms with van der Waals surface area (Å²) in [5, 5.41) is 4.17. The molecule has 0 aliphatic carbocycles. The van der Waals surface area contributed by atoms with Gasteiger partial charge in [0.25, 0.3) is 5.91 Å². The standard InChI is InChI=1S/C25H23BrN2O3/c1-30-23-8-4-5-9-24(23)31-16-25(29)28-14-20(17-10-12-18(26)13-11-17)21-15-27-22-7-3-2-6-19(21)22/h2-13,15,20,27H,14,16H2,1H3,(H,28,29). The number of hydrogen-bond donors (Lipinski definition) is 2. The molecule has 6 heteroatoms. The Morgan fingerprint density at radius 1 is 1.00 bits per heavy atom. The molecule has 0 aliphatic rings. The molecule has 31 heavy (non-hydrogen) atoms. The van der Waals surface area contributed by atoms with E-state index in [0.717, 1.165) is 26.5 Å². The van der Waals surface area contributed by atoms with Crippen LogP contribution in [0.25, 0.3) is 10.9 Å². The lowest BCUT2D eigenvalue weighted by atomic mass is 9.91. The molecule has 0 radical (unpaired) electrons. The van der Waals surface area contributed by atoms with Crippen LogP contribution >= 0.6 is 15.9 Å². The number of rotatable bonds is 8. The molecule has 0 bridgehead atoms. The Morgan fingerprint density at radius 3 is 2.48 bits per heavy atom. The molecule has 1 unspecified atom stereocenters. The van der Waals surface area contributed by atoms with E-state index < -0.39 is 0 Å². The van der Waals surface area contributed by atoms with Crippen LogP contribution in [0.2, 0.25) is 0 Å². The van der Waals surface area contributed by atoms with E-state index in [-0.39, 0.29) is 18.4 Å². The van der Waals surface area contributed by atoms with E-state index in [1.807, 2.05) is 42.6 Å². The number of ether oxygens (including phenoxy) is 2. The van der Waals surface area contributed by atoms with Gasteiger partial charge < -0.3 is 19.8 Å². The number of carbonyl (C=O) groups excluding carboxylic acids is 1. The molecule has 0 spiro atoms. The Morgan fingerprint density at radius 2 is 1.71 bits per heavy atom. The van der Waals surface area contributed by atoms with Gasteiger partial charge >= 0.3 is 0 Å². The van der Waals surface area contributed by atoms with E-state index in [2.05, 4.69) is 50.5 Å². The van der Waals surface area contributed by atoms with Crippen molar-refractivity contribution in [3.63, 3.8) is 0 Å². The van der Waals surface area contributed by atoms with Gasteiger partial charge in [-0.15, -0.1) is 0 Å². The second-order valence-electron chi connectivity index (χ2n) is 7.14. The smallest absolute Gasteiger partial charge is 0.257 e. The van der Waals surface area contributed by atoms with Crippen molar-refractivity contribution >= 4 is 32.7 Å². The number of amides is 1. The summed E-state index contributed by atoms with van der Waals surface area (Å²) < 4.78 is 11.9. The zero-order valence-corrected chi connectivity index (χ0v) is 18.7. The highest BCUT2D eigenvalue weighted by Crippen LogP contribution is 2.31. The molecule has 1 heterocycles. The van der Waals surface area contributed by atoms with E-state index in [4.69, 9.17) is 9.47 Å². The van der Waals surface area contributed by atoms with Gasteiger partial charge in [-0.25, -0.2) is 0 Å². The van der Waals surface area contributed by atoms with Crippen LogP contribution in [-0.2, 0) is 4.79 Å². The van der Waals surface area contributed by atoms with Crippen molar-refractivity contribution < 1.29 is 14.3 Å². The van der Waals surface area contributed by atoms with E-state index in [1.165, 1.54) is 0 Å². The largest absolute Gasteiger partial charge is 0.493 e. The first kappa shape index (κ1) is 21.0. The number of halogens is 1. The van der Waals surface area contributed by atoms with Gasteiger partial charge in [-0.2, -0.15) is 0 Å². The van der Waals surface area contributed by atoms with E-state index in [9.17, 15) is 4.79 Å². The molecular weight excluding hydrogens is 456 g/mol. The number of nitrogens with one attached hydrogen (secondary N) is 2. The highest BCUT2D eigenvalue weighted by Gasteiger charge is 2.19. The second kappa shape index (κ2) is 9.71. The molecule has 4 rings (SSSR count). The molecule has 1 aromatic heterocycles. The SMILES string of the molecule is COc1ccccc1OCC(=O)NCC(c1ccc(Br)cc1)c1c[nH]c2ccccc12. The molecule has 5 nitrogen and oxygen atoms in total. The van der Waals surface area contributed by atoms with Crippen LogP contribution in [0.15, 0.2) is 83.5 Å². The maximum Gasteiger partial charge on any atom is 0.257 e. The number of hydrogen-bond acceptors (Lipinski definition) is 3. The van der Waals surface area contributed by atoms with E-state index >= 15 is 0 Å². The van der Waals surface area contributed by atoms with Crippen LogP contribution in [0.1, 0.15) is 17.0 Å². The van der Waals surface area contributed by atoms with Crippen molar-refractivity contribution in [1.82, 2.24) is 10.3 Å². The number of aromatic amines is 1. The first-order chi connectivity index (χ1) is 15.2. The molecule has 0 saturated carbocycles. The summed E-state index contributed by atoms with van der Waals surface area (Å²) in [4.78, 5) is 15.9. The van der Waals surface area contributed by atoms with Crippen molar-refractivity contribution in [2.24, 2.45) is 0 Å². The maximum absolute atomic E-state index is 12.5. The van der Waals surface area contributed by atoms with Crippen molar-refractivity contribution in [3.05, 3.63) is 94.6 Å². The Labute approximate surface area is 189 Å². The maximum atomic E-state index is 12.5. The van der Waals surface area contributed by atoms with Crippen LogP contribution < -0.4 is 14.8 Å². The van der Waals surface area contributed by atoms with Gasteiger partial charge in [0.1, 0.15) is 0 Å². The van der Waals surface area contributed by atoms with Gasteiger partial charge in [-0.1, -0.05) is 58.4 Å². The van der Waals surface area contributed by atoms with Crippen LogP contribution in [0.3, 0.4) is 0 Å². The van der Waals surface area contributed by atoms with Gasteiger partial charge in [0.2, 0.25) is 0 Å². The number of aromatic nitrogens is 1. The highest BCUT2D eigenvalue weighted by molar-refractivity contribution is 9.10. The Kier molecular flexibility index (Phi) is 6.57. The minimum absolute atomic E-state index is 0.000499. The molecule has 3 aromatic carbocycles. The molecule has 1 amide bonds. The Balaban J connectivity index is 1.50. The average Bonchev–Trinajstić information content (AvgIpc) is 3.23. The first-order valence-electron chi connectivity index (χ1n) is 9.99. The van der Waals surface area contributed by atoms with E-state index in [0.29, 0.717) is 18.0 Å². The molecule has 1 atom stereocenters.